The summed E-state index contributed by atoms with van der Waals surface area (Å²) in [5.41, 5.74) is -0.195. The SMILES string of the molecule is C=CCOC(=O)N1CC(C(=O)O)C2(CCC2)C1. The van der Waals surface area contributed by atoms with Crippen LogP contribution in [0.15, 0.2) is 12.7 Å². The highest BCUT2D eigenvalue weighted by atomic mass is 16.6. The summed E-state index contributed by atoms with van der Waals surface area (Å²) in [6, 6.07) is 0. The van der Waals surface area contributed by atoms with Crippen LogP contribution in [0, 0.1) is 11.3 Å². The van der Waals surface area contributed by atoms with Crippen LogP contribution < -0.4 is 0 Å². The predicted molar refractivity (Wildman–Crippen MR) is 60.5 cm³/mol. The molecule has 0 aromatic rings. The molecule has 1 atom stereocenters. The lowest BCUT2D eigenvalue weighted by Gasteiger charge is -2.40. The summed E-state index contributed by atoms with van der Waals surface area (Å²) in [6.45, 7) is 4.42. The summed E-state index contributed by atoms with van der Waals surface area (Å²) >= 11 is 0. The average molecular weight is 239 g/mol. The highest BCUT2D eigenvalue weighted by Crippen LogP contribution is 2.51. The lowest BCUT2D eigenvalue weighted by Crippen LogP contribution is -2.41. The van der Waals surface area contributed by atoms with Gasteiger partial charge in [0.15, 0.2) is 0 Å². The first kappa shape index (κ1) is 12.0. The number of carbonyl (C=O) groups is 2. The number of carboxylic acids is 1. The molecule has 0 radical (unpaired) electrons. The molecule has 1 unspecified atom stereocenters. The molecule has 1 amide bonds. The van der Waals surface area contributed by atoms with Crippen LogP contribution in [0.2, 0.25) is 0 Å². The molecule has 1 saturated carbocycles. The van der Waals surface area contributed by atoms with Gasteiger partial charge in [-0.15, -0.1) is 0 Å². The zero-order valence-electron chi connectivity index (χ0n) is 9.72. The van der Waals surface area contributed by atoms with Gasteiger partial charge in [0.1, 0.15) is 6.61 Å². The summed E-state index contributed by atoms with van der Waals surface area (Å²) in [7, 11) is 0. The highest BCUT2D eigenvalue weighted by molar-refractivity contribution is 5.75. The molecule has 2 aliphatic rings. The third kappa shape index (κ3) is 2.01. The van der Waals surface area contributed by atoms with Crippen LogP contribution in [0.25, 0.3) is 0 Å². The van der Waals surface area contributed by atoms with Crippen molar-refractivity contribution in [3.05, 3.63) is 12.7 Å². The fourth-order valence-corrected chi connectivity index (χ4v) is 2.81. The first-order valence-corrected chi connectivity index (χ1v) is 5.84. The molecule has 94 valence electrons. The monoisotopic (exact) mass is 239 g/mol. The van der Waals surface area contributed by atoms with Crippen LogP contribution in [0.5, 0.6) is 0 Å². The molecule has 0 aromatic carbocycles. The second kappa shape index (κ2) is 4.39. The van der Waals surface area contributed by atoms with Crippen molar-refractivity contribution in [2.45, 2.75) is 19.3 Å². The first-order chi connectivity index (χ1) is 8.09. The van der Waals surface area contributed by atoms with E-state index < -0.39 is 18.0 Å². The molecule has 0 bridgehead atoms. The Morgan fingerprint density at radius 2 is 2.24 bits per heavy atom. The predicted octanol–water partition coefficient (Wildman–Crippen LogP) is 1.50. The molecule has 1 spiro atoms. The molecule has 17 heavy (non-hydrogen) atoms. The largest absolute Gasteiger partial charge is 0.481 e. The van der Waals surface area contributed by atoms with E-state index in [1.165, 1.54) is 11.0 Å². The lowest BCUT2D eigenvalue weighted by molar-refractivity contribution is -0.146. The minimum Gasteiger partial charge on any atom is -0.481 e. The van der Waals surface area contributed by atoms with E-state index in [0.29, 0.717) is 6.54 Å². The number of nitrogens with zero attached hydrogens (tertiary/aromatic N) is 1. The van der Waals surface area contributed by atoms with Crippen molar-refractivity contribution in [3.63, 3.8) is 0 Å². The normalized spacial score (nSPS) is 25.4. The van der Waals surface area contributed by atoms with E-state index in [-0.39, 0.29) is 18.6 Å². The minimum absolute atomic E-state index is 0.167. The number of aliphatic carboxylic acids is 1. The molecule has 5 nitrogen and oxygen atoms in total. The Morgan fingerprint density at radius 1 is 1.53 bits per heavy atom. The number of ether oxygens (including phenoxy) is 1. The van der Waals surface area contributed by atoms with Crippen molar-refractivity contribution in [2.24, 2.45) is 11.3 Å². The van der Waals surface area contributed by atoms with Gasteiger partial charge < -0.3 is 14.7 Å². The van der Waals surface area contributed by atoms with E-state index in [4.69, 9.17) is 4.74 Å². The quantitative estimate of drug-likeness (QED) is 0.758. The second-order valence-corrected chi connectivity index (χ2v) is 4.85. The Labute approximate surface area is 100 Å². The summed E-state index contributed by atoms with van der Waals surface area (Å²) in [6.07, 6.45) is 3.92. The number of amides is 1. The Hall–Kier alpha value is -1.52. The van der Waals surface area contributed by atoms with E-state index in [9.17, 15) is 14.7 Å². The van der Waals surface area contributed by atoms with E-state index >= 15 is 0 Å². The maximum atomic E-state index is 11.7. The van der Waals surface area contributed by atoms with Gasteiger partial charge in [-0.25, -0.2) is 4.79 Å². The number of hydrogen-bond acceptors (Lipinski definition) is 3. The average Bonchev–Trinajstić information content (AvgIpc) is 2.66. The van der Waals surface area contributed by atoms with Crippen molar-refractivity contribution < 1.29 is 19.4 Å². The molecule has 5 heteroatoms. The molecule has 2 rings (SSSR count). The summed E-state index contributed by atoms with van der Waals surface area (Å²) in [5, 5.41) is 9.19. The van der Waals surface area contributed by atoms with E-state index in [1.807, 2.05) is 0 Å². The van der Waals surface area contributed by atoms with Crippen LogP contribution >= 0.6 is 0 Å². The fourth-order valence-electron chi connectivity index (χ4n) is 2.81. The van der Waals surface area contributed by atoms with E-state index in [0.717, 1.165) is 19.3 Å². The Morgan fingerprint density at radius 3 is 2.65 bits per heavy atom. The van der Waals surface area contributed by atoms with Crippen molar-refractivity contribution in [1.29, 1.82) is 0 Å². The van der Waals surface area contributed by atoms with Crippen LogP contribution in [0.1, 0.15) is 19.3 Å². The molecular weight excluding hydrogens is 222 g/mol. The van der Waals surface area contributed by atoms with Gasteiger partial charge in [-0.05, 0) is 12.8 Å². The number of hydrogen-bond donors (Lipinski definition) is 1. The first-order valence-electron chi connectivity index (χ1n) is 5.84. The van der Waals surface area contributed by atoms with Crippen LogP contribution in [0.3, 0.4) is 0 Å². The van der Waals surface area contributed by atoms with Gasteiger partial charge in [0.2, 0.25) is 0 Å². The van der Waals surface area contributed by atoms with Crippen LogP contribution in [-0.2, 0) is 9.53 Å². The standard InChI is InChI=1S/C12H17NO4/c1-2-6-17-11(16)13-7-9(10(14)15)12(8-13)4-3-5-12/h2,9H,1,3-8H2,(H,14,15). The third-order valence-electron chi connectivity index (χ3n) is 3.88. The highest BCUT2D eigenvalue weighted by Gasteiger charge is 2.54. The van der Waals surface area contributed by atoms with Crippen molar-refractivity contribution in [1.82, 2.24) is 4.90 Å². The van der Waals surface area contributed by atoms with E-state index in [2.05, 4.69) is 6.58 Å². The van der Waals surface area contributed by atoms with Gasteiger partial charge in [-0.2, -0.15) is 0 Å². The number of rotatable bonds is 3. The zero-order chi connectivity index (χ0) is 12.5. The maximum Gasteiger partial charge on any atom is 0.410 e. The van der Waals surface area contributed by atoms with Crippen molar-refractivity contribution in [3.8, 4) is 0 Å². The van der Waals surface area contributed by atoms with Gasteiger partial charge in [-0.3, -0.25) is 4.79 Å². The Balaban J connectivity index is 2.02. The summed E-state index contributed by atoms with van der Waals surface area (Å²) in [5.74, 6) is -1.24. The minimum atomic E-state index is -0.802. The smallest absolute Gasteiger partial charge is 0.410 e. The van der Waals surface area contributed by atoms with Gasteiger partial charge >= 0.3 is 12.1 Å². The topological polar surface area (TPSA) is 66.8 Å². The molecule has 0 aromatic heterocycles. The van der Waals surface area contributed by atoms with Gasteiger partial charge in [0.05, 0.1) is 5.92 Å². The van der Waals surface area contributed by atoms with E-state index in [1.54, 1.807) is 0 Å². The Bertz CT molecular complexity index is 348. The third-order valence-corrected chi connectivity index (χ3v) is 3.88. The number of likely N-dealkylation sites (tertiary alicyclic amines) is 1. The maximum absolute atomic E-state index is 11.7. The van der Waals surface area contributed by atoms with Crippen molar-refractivity contribution >= 4 is 12.1 Å². The van der Waals surface area contributed by atoms with Crippen molar-refractivity contribution in [2.75, 3.05) is 19.7 Å². The Kier molecular flexibility index (Phi) is 3.09. The molecule has 1 aliphatic heterocycles. The van der Waals surface area contributed by atoms with Gasteiger partial charge in [-0.1, -0.05) is 19.1 Å². The fraction of sp³-hybridized carbons (Fsp3) is 0.667. The molecule has 1 N–H and O–H groups in total. The molecule has 1 saturated heterocycles. The molecule has 1 aliphatic carbocycles. The van der Waals surface area contributed by atoms with Crippen LogP contribution in [0.4, 0.5) is 4.79 Å². The van der Waals surface area contributed by atoms with Gasteiger partial charge in [0.25, 0.3) is 0 Å². The summed E-state index contributed by atoms with van der Waals surface area (Å²) < 4.78 is 4.94. The molecule has 1 heterocycles. The summed E-state index contributed by atoms with van der Waals surface area (Å²) in [4.78, 5) is 24.4. The van der Waals surface area contributed by atoms with Gasteiger partial charge in [0, 0.05) is 18.5 Å². The zero-order valence-corrected chi connectivity index (χ0v) is 9.72. The number of carboxylic acid groups (broad SMARTS) is 1. The molecule has 2 fully saturated rings. The second-order valence-electron chi connectivity index (χ2n) is 4.85. The lowest BCUT2D eigenvalue weighted by atomic mass is 9.63. The molecular formula is C12H17NO4. The number of carbonyl (C=O) groups excluding carboxylic acids is 1. The van der Waals surface area contributed by atoms with Crippen LogP contribution in [-0.4, -0.2) is 41.8 Å².